The van der Waals surface area contributed by atoms with Gasteiger partial charge < -0.3 is 5.32 Å². The maximum Gasteiger partial charge on any atom is 0.182 e. The maximum atomic E-state index is 4.35. The van der Waals surface area contributed by atoms with Gasteiger partial charge in [0.05, 0.1) is 0 Å². The number of hydrogen-bond donors (Lipinski definition) is 1. The summed E-state index contributed by atoms with van der Waals surface area (Å²) in [6, 6.07) is 0.618. The summed E-state index contributed by atoms with van der Waals surface area (Å²) in [5, 5.41) is 6.79. The van der Waals surface area contributed by atoms with Crippen LogP contribution in [0.1, 0.15) is 40.0 Å². The van der Waals surface area contributed by atoms with Gasteiger partial charge in [0.1, 0.15) is 0 Å². The first-order valence-electron chi connectivity index (χ1n) is 6.20. The summed E-state index contributed by atoms with van der Waals surface area (Å²) in [4.78, 5) is 4.35. The SMILES string of the molecule is CC1(C)C2CCC1(C)C(Nc1nccs1)C2. The minimum Gasteiger partial charge on any atom is -0.358 e. The van der Waals surface area contributed by atoms with Gasteiger partial charge in [-0.25, -0.2) is 4.98 Å². The quantitative estimate of drug-likeness (QED) is 0.845. The van der Waals surface area contributed by atoms with E-state index in [0.717, 1.165) is 11.0 Å². The van der Waals surface area contributed by atoms with Gasteiger partial charge in [-0.15, -0.1) is 11.3 Å². The highest BCUT2D eigenvalue weighted by Crippen LogP contribution is 2.65. The molecule has 0 spiro atoms. The number of hydrogen-bond acceptors (Lipinski definition) is 3. The fraction of sp³-hybridized carbons (Fsp3) is 0.769. The van der Waals surface area contributed by atoms with Crippen molar-refractivity contribution in [1.82, 2.24) is 4.98 Å². The van der Waals surface area contributed by atoms with E-state index in [9.17, 15) is 0 Å². The van der Waals surface area contributed by atoms with Crippen molar-refractivity contribution in [3.05, 3.63) is 11.6 Å². The highest BCUT2D eigenvalue weighted by molar-refractivity contribution is 7.13. The molecule has 0 saturated heterocycles. The second-order valence-electron chi connectivity index (χ2n) is 6.14. The normalized spacial score (nSPS) is 40.2. The second kappa shape index (κ2) is 3.22. The molecule has 88 valence electrons. The van der Waals surface area contributed by atoms with Crippen LogP contribution in [0.5, 0.6) is 0 Å². The Morgan fingerprint density at radius 2 is 2.25 bits per heavy atom. The van der Waals surface area contributed by atoms with Crippen molar-refractivity contribution in [2.75, 3.05) is 5.32 Å². The van der Waals surface area contributed by atoms with E-state index in [1.165, 1.54) is 19.3 Å². The summed E-state index contributed by atoms with van der Waals surface area (Å²) >= 11 is 1.71. The molecule has 16 heavy (non-hydrogen) atoms. The number of aromatic nitrogens is 1. The molecule has 2 saturated carbocycles. The van der Waals surface area contributed by atoms with Crippen LogP contribution in [0, 0.1) is 16.7 Å². The first-order valence-corrected chi connectivity index (χ1v) is 7.08. The smallest absolute Gasteiger partial charge is 0.182 e. The molecule has 3 unspecified atom stereocenters. The lowest BCUT2D eigenvalue weighted by Crippen LogP contribution is -2.40. The number of fused-ring (bicyclic) bond motifs is 2. The molecule has 3 rings (SSSR count). The van der Waals surface area contributed by atoms with Gasteiger partial charge in [-0.3, -0.25) is 0 Å². The van der Waals surface area contributed by atoms with Crippen LogP contribution < -0.4 is 5.32 Å². The zero-order valence-corrected chi connectivity index (χ0v) is 11.1. The molecular formula is C13H20N2S. The molecule has 0 radical (unpaired) electrons. The van der Waals surface area contributed by atoms with Crippen molar-refractivity contribution < 1.29 is 0 Å². The lowest BCUT2D eigenvalue weighted by atomic mass is 9.69. The van der Waals surface area contributed by atoms with Crippen molar-refractivity contribution in [1.29, 1.82) is 0 Å². The molecular weight excluding hydrogens is 216 g/mol. The van der Waals surface area contributed by atoms with Crippen LogP contribution in [0.3, 0.4) is 0 Å². The van der Waals surface area contributed by atoms with Gasteiger partial charge >= 0.3 is 0 Å². The minimum atomic E-state index is 0.448. The molecule has 0 aromatic carbocycles. The van der Waals surface area contributed by atoms with Gasteiger partial charge in [0.2, 0.25) is 0 Å². The van der Waals surface area contributed by atoms with Crippen molar-refractivity contribution in [2.45, 2.75) is 46.1 Å². The second-order valence-corrected chi connectivity index (χ2v) is 7.04. The van der Waals surface area contributed by atoms with E-state index in [0.29, 0.717) is 16.9 Å². The van der Waals surface area contributed by atoms with Crippen LogP contribution >= 0.6 is 11.3 Å². The van der Waals surface area contributed by atoms with Gasteiger partial charge in [-0.1, -0.05) is 20.8 Å². The Bertz CT molecular complexity index is 385. The summed E-state index contributed by atoms with van der Waals surface area (Å²) in [6.07, 6.45) is 5.99. The van der Waals surface area contributed by atoms with E-state index in [1.807, 2.05) is 11.6 Å². The Morgan fingerprint density at radius 3 is 2.75 bits per heavy atom. The average Bonchev–Trinajstić information content (AvgIpc) is 2.84. The molecule has 2 aliphatic rings. The third kappa shape index (κ3) is 1.21. The number of nitrogens with zero attached hydrogens (tertiary/aromatic N) is 1. The van der Waals surface area contributed by atoms with Crippen molar-refractivity contribution >= 4 is 16.5 Å². The van der Waals surface area contributed by atoms with Crippen molar-refractivity contribution in [2.24, 2.45) is 16.7 Å². The average molecular weight is 236 g/mol. The monoisotopic (exact) mass is 236 g/mol. The summed E-state index contributed by atoms with van der Waals surface area (Å²) in [7, 11) is 0. The number of anilines is 1. The first-order chi connectivity index (χ1) is 7.54. The largest absolute Gasteiger partial charge is 0.358 e. The summed E-state index contributed by atoms with van der Waals surface area (Å²) in [5.74, 6) is 0.898. The van der Waals surface area contributed by atoms with E-state index in [2.05, 4.69) is 31.1 Å². The lowest BCUT2D eigenvalue weighted by Gasteiger charge is -2.39. The van der Waals surface area contributed by atoms with E-state index in [4.69, 9.17) is 0 Å². The van der Waals surface area contributed by atoms with E-state index in [1.54, 1.807) is 11.3 Å². The number of thiazole rings is 1. The minimum absolute atomic E-state index is 0.448. The summed E-state index contributed by atoms with van der Waals surface area (Å²) in [6.45, 7) is 7.37. The van der Waals surface area contributed by atoms with Crippen LogP contribution in [-0.4, -0.2) is 11.0 Å². The Hall–Kier alpha value is -0.570. The third-order valence-corrected chi connectivity index (χ3v) is 6.23. The fourth-order valence-electron chi connectivity index (χ4n) is 3.87. The molecule has 1 aromatic heterocycles. The standard InChI is InChI=1S/C13H20N2S/c1-12(2)9-4-5-13(12,3)10(8-9)15-11-14-6-7-16-11/h6-7,9-10H,4-5,8H2,1-3H3,(H,14,15). The van der Waals surface area contributed by atoms with Crippen LogP contribution in [0.25, 0.3) is 0 Å². The molecule has 1 aromatic rings. The first kappa shape index (κ1) is 10.6. The predicted octanol–water partition coefficient (Wildman–Crippen LogP) is 3.77. The van der Waals surface area contributed by atoms with Gasteiger partial charge in [0.15, 0.2) is 5.13 Å². The zero-order valence-electron chi connectivity index (χ0n) is 10.3. The summed E-state index contributed by atoms with van der Waals surface area (Å²) in [5.41, 5.74) is 0.936. The van der Waals surface area contributed by atoms with Crippen LogP contribution in [0.2, 0.25) is 0 Å². The lowest BCUT2D eigenvalue weighted by molar-refractivity contribution is 0.142. The van der Waals surface area contributed by atoms with Crippen LogP contribution in [-0.2, 0) is 0 Å². The topological polar surface area (TPSA) is 24.9 Å². The van der Waals surface area contributed by atoms with Gasteiger partial charge in [0, 0.05) is 17.6 Å². The fourth-order valence-corrected chi connectivity index (χ4v) is 4.45. The summed E-state index contributed by atoms with van der Waals surface area (Å²) < 4.78 is 0. The maximum absolute atomic E-state index is 4.35. The van der Waals surface area contributed by atoms with E-state index < -0.39 is 0 Å². The van der Waals surface area contributed by atoms with E-state index >= 15 is 0 Å². The number of nitrogens with one attached hydrogen (secondary N) is 1. The van der Waals surface area contributed by atoms with Crippen LogP contribution in [0.15, 0.2) is 11.6 Å². The van der Waals surface area contributed by atoms with Gasteiger partial charge in [-0.2, -0.15) is 0 Å². The molecule has 2 nitrogen and oxygen atoms in total. The zero-order chi connectivity index (χ0) is 11.4. The van der Waals surface area contributed by atoms with Crippen molar-refractivity contribution in [3.8, 4) is 0 Å². The third-order valence-electron chi connectivity index (χ3n) is 5.52. The molecule has 0 aliphatic heterocycles. The van der Waals surface area contributed by atoms with Crippen LogP contribution in [0.4, 0.5) is 5.13 Å². The molecule has 2 fully saturated rings. The molecule has 2 aliphatic carbocycles. The molecule has 3 heteroatoms. The molecule has 1 N–H and O–H groups in total. The van der Waals surface area contributed by atoms with Crippen molar-refractivity contribution in [3.63, 3.8) is 0 Å². The van der Waals surface area contributed by atoms with E-state index in [-0.39, 0.29) is 0 Å². The number of rotatable bonds is 2. The molecule has 1 heterocycles. The Morgan fingerprint density at radius 1 is 1.44 bits per heavy atom. The molecule has 0 amide bonds. The Labute approximate surface area is 101 Å². The highest BCUT2D eigenvalue weighted by atomic mass is 32.1. The predicted molar refractivity (Wildman–Crippen MR) is 68.8 cm³/mol. The molecule has 2 bridgehead atoms. The molecule has 3 atom stereocenters. The Kier molecular flexibility index (Phi) is 2.13. The van der Waals surface area contributed by atoms with Gasteiger partial charge in [-0.05, 0) is 36.0 Å². The highest BCUT2D eigenvalue weighted by Gasteiger charge is 2.61. The Balaban J connectivity index is 1.85. The van der Waals surface area contributed by atoms with Gasteiger partial charge in [0.25, 0.3) is 0 Å².